The molecular formula is C16H18N4O5. The van der Waals surface area contributed by atoms with Crippen molar-refractivity contribution < 1.29 is 19.6 Å². The van der Waals surface area contributed by atoms with Crippen molar-refractivity contribution in [3.8, 4) is 11.3 Å². The minimum atomic E-state index is -0.909. The summed E-state index contributed by atoms with van der Waals surface area (Å²) in [5.41, 5.74) is 1.33. The third-order valence-corrected chi connectivity index (χ3v) is 3.64. The number of aromatic nitrogens is 2. The molecule has 132 valence electrons. The number of carboxylic acids is 1. The van der Waals surface area contributed by atoms with Gasteiger partial charge in [0.1, 0.15) is 5.69 Å². The zero-order valence-electron chi connectivity index (χ0n) is 13.9. The summed E-state index contributed by atoms with van der Waals surface area (Å²) in [5, 5.41) is 23.7. The van der Waals surface area contributed by atoms with Gasteiger partial charge in [-0.3, -0.25) is 24.4 Å². The van der Waals surface area contributed by atoms with E-state index in [2.05, 4.69) is 5.10 Å². The molecule has 0 bridgehead atoms. The number of amides is 1. The zero-order valence-corrected chi connectivity index (χ0v) is 13.9. The van der Waals surface area contributed by atoms with Crippen LogP contribution in [0.25, 0.3) is 11.3 Å². The molecule has 0 aliphatic heterocycles. The number of hydrogen-bond acceptors (Lipinski definition) is 5. The summed E-state index contributed by atoms with van der Waals surface area (Å²) in [6, 6.07) is 5.80. The molecule has 1 aromatic carbocycles. The van der Waals surface area contributed by atoms with Gasteiger partial charge in [-0.1, -0.05) is 0 Å². The van der Waals surface area contributed by atoms with Crippen LogP contribution in [0, 0.1) is 10.1 Å². The normalized spacial score (nSPS) is 10.5. The molecule has 0 aliphatic carbocycles. The minimum Gasteiger partial charge on any atom is -0.481 e. The number of nitro benzene ring substituents is 1. The first-order valence-corrected chi connectivity index (χ1v) is 7.55. The maximum Gasteiger partial charge on any atom is 0.303 e. The fourth-order valence-electron chi connectivity index (χ4n) is 2.37. The molecule has 0 spiro atoms. The van der Waals surface area contributed by atoms with Crippen molar-refractivity contribution in [1.82, 2.24) is 14.7 Å². The van der Waals surface area contributed by atoms with E-state index in [1.807, 2.05) is 0 Å². The minimum absolute atomic E-state index is 0.0140. The van der Waals surface area contributed by atoms with Crippen molar-refractivity contribution in [3.63, 3.8) is 0 Å². The molecule has 1 amide bonds. The Morgan fingerprint density at radius 2 is 1.96 bits per heavy atom. The third-order valence-electron chi connectivity index (χ3n) is 3.64. The molecule has 1 N–H and O–H groups in total. The van der Waals surface area contributed by atoms with E-state index in [0.717, 1.165) is 0 Å². The van der Waals surface area contributed by atoms with Crippen LogP contribution in [-0.4, -0.2) is 50.2 Å². The van der Waals surface area contributed by atoms with Gasteiger partial charge in [0, 0.05) is 51.0 Å². The summed E-state index contributed by atoms with van der Waals surface area (Å²) in [6.07, 6.45) is 1.91. The number of hydrogen-bond donors (Lipinski definition) is 1. The van der Waals surface area contributed by atoms with Crippen LogP contribution in [0.3, 0.4) is 0 Å². The smallest absolute Gasteiger partial charge is 0.303 e. The summed E-state index contributed by atoms with van der Waals surface area (Å²) in [5.74, 6) is -1.19. The van der Waals surface area contributed by atoms with Gasteiger partial charge >= 0.3 is 5.97 Å². The van der Waals surface area contributed by atoms with Crippen LogP contribution in [0.1, 0.15) is 23.2 Å². The highest BCUT2D eigenvalue weighted by molar-refractivity contribution is 5.99. The number of aliphatic carboxylic acids is 1. The number of nitrogens with zero attached hydrogens (tertiary/aromatic N) is 4. The monoisotopic (exact) mass is 346 g/mol. The van der Waals surface area contributed by atoms with Crippen LogP contribution in [0.2, 0.25) is 0 Å². The predicted molar refractivity (Wildman–Crippen MR) is 89.1 cm³/mol. The molecule has 0 unspecified atom stereocenters. The van der Waals surface area contributed by atoms with E-state index in [0.29, 0.717) is 29.8 Å². The Hall–Kier alpha value is -3.23. The van der Waals surface area contributed by atoms with Gasteiger partial charge in [-0.25, -0.2) is 0 Å². The number of rotatable bonds is 7. The van der Waals surface area contributed by atoms with E-state index in [9.17, 15) is 19.7 Å². The topological polar surface area (TPSA) is 119 Å². The van der Waals surface area contributed by atoms with Crippen molar-refractivity contribution in [2.45, 2.75) is 12.8 Å². The number of nitro groups is 1. The zero-order chi connectivity index (χ0) is 18.6. The molecule has 0 fully saturated rings. The van der Waals surface area contributed by atoms with Gasteiger partial charge < -0.3 is 10.0 Å². The van der Waals surface area contributed by atoms with Gasteiger partial charge in [0.25, 0.3) is 11.6 Å². The van der Waals surface area contributed by atoms with E-state index in [-0.39, 0.29) is 18.0 Å². The highest BCUT2D eigenvalue weighted by Gasteiger charge is 2.21. The lowest BCUT2D eigenvalue weighted by Gasteiger charge is -2.16. The van der Waals surface area contributed by atoms with Crippen LogP contribution >= 0.6 is 0 Å². The summed E-state index contributed by atoms with van der Waals surface area (Å²) < 4.78 is 1.50. The summed E-state index contributed by atoms with van der Waals surface area (Å²) in [7, 11) is 3.27. The van der Waals surface area contributed by atoms with Crippen molar-refractivity contribution >= 4 is 17.6 Å². The van der Waals surface area contributed by atoms with Crippen LogP contribution in [0.4, 0.5) is 5.69 Å². The SMILES string of the molecule is CN(CCCC(=O)O)C(=O)c1cn(C)nc1-c1ccc([N+](=O)[O-])cc1. The van der Waals surface area contributed by atoms with Gasteiger partial charge in [0.05, 0.1) is 10.5 Å². The fourth-order valence-corrected chi connectivity index (χ4v) is 2.37. The average Bonchev–Trinajstić information content (AvgIpc) is 2.95. The van der Waals surface area contributed by atoms with E-state index in [1.165, 1.54) is 21.7 Å². The first-order valence-electron chi connectivity index (χ1n) is 7.55. The number of carbonyl (C=O) groups excluding carboxylic acids is 1. The second kappa shape index (κ2) is 7.56. The maximum absolute atomic E-state index is 12.6. The lowest BCUT2D eigenvalue weighted by atomic mass is 10.1. The maximum atomic E-state index is 12.6. The summed E-state index contributed by atoms with van der Waals surface area (Å²) in [4.78, 5) is 34.9. The van der Waals surface area contributed by atoms with Gasteiger partial charge in [0.15, 0.2) is 0 Å². The van der Waals surface area contributed by atoms with Gasteiger partial charge in [-0.2, -0.15) is 5.10 Å². The summed E-state index contributed by atoms with van der Waals surface area (Å²) >= 11 is 0. The largest absolute Gasteiger partial charge is 0.481 e. The van der Waals surface area contributed by atoms with Crippen molar-refractivity contribution in [1.29, 1.82) is 0 Å². The number of carboxylic acid groups (broad SMARTS) is 1. The Morgan fingerprint density at radius 1 is 1.32 bits per heavy atom. The quantitative estimate of drug-likeness (QED) is 0.604. The first kappa shape index (κ1) is 18.1. The number of carbonyl (C=O) groups is 2. The van der Waals surface area contributed by atoms with Crippen molar-refractivity contribution in [2.24, 2.45) is 7.05 Å². The molecule has 1 heterocycles. The molecule has 2 aromatic rings. The highest BCUT2D eigenvalue weighted by Crippen LogP contribution is 2.25. The van der Waals surface area contributed by atoms with Crippen LogP contribution in [-0.2, 0) is 11.8 Å². The van der Waals surface area contributed by atoms with E-state index in [4.69, 9.17) is 5.11 Å². The lowest BCUT2D eigenvalue weighted by Crippen LogP contribution is -2.28. The second-order valence-corrected chi connectivity index (χ2v) is 5.59. The molecule has 25 heavy (non-hydrogen) atoms. The molecule has 0 atom stereocenters. The van der Waals surface area contributed by atoms with Gasteiger partial charge in [-0.15, -0.1) is 0 Å². The summed E-state index contributed by atoms with van der Waals surface area (Å²) in [6.45, 7) is 0.305. The van der Waals surface area contributed by atoms with Crippen molar-refractivity contribution in [3.05, 3.63) is 46.1 Å². The molecular weight excluding hydrogens is 328 g/mol. The predicted octanol–water partition coefficient (Wildman–Crippen LogP) is 1.93. The Labute approximate surface area is 143 Å². The Morgan fingerprint density at radius 3 is 2.52 bits per heavy atom. The van der Waals surface area contributed by atoms with E-state index in [1.54, 1.807) is 32.4 Å². The molecule has 0 saturated carbocycles. The molecule has 0 radical (unpaired) electrons. The highest BCUT2D eigenvalue weighted by atomic mass is 16.6. The fraction of sp³-hybridized carbons (Fsp3) is 0.312. The van der Waals surface area contributed by atoms with E-state index < -0.39 is 10.9 Å². The van der Waals surface area contributed by atoms with Crippen LogP contribution < -0.4 is 0 Å². The van der Waals surface area contributed by atoms with Gasteiger partial charge in [-0.05, 0) is 18.6 Å². The lowest BCUT2D eigenvalue weighted by molar-refractivity contribution is -0.384. The Kier molecular flexibility index (Phi) is 5.48. The molecule has 2 rings (SSSR count). The average molecular weight is 346 g/mol. The molecule has 0 aliphatic rings. The van der Waals surface area contributed by atoms with Crippen molar-refractivity contribution in [2.75, 3.05) is 13.6 Å². The Bertz CT molecular complexity index is 797. The van der Waals surface area contributed by atoms with Crippen LogP contribution in [0.15, 0.2) is 30.5 Å². The van der Waals surface area contributed by atoms with E-state index >= 15 is 0 Å². The number of non-ortho nitro benzene ring substituents is 1. The third kappa shape index (κ3) is 4.40. The second-order valence-electron chi connectivity index (χ2n) is 5.59. The molecule has 1 aromatic heterocycles. The van der Waals surface area contributed by atoms with Gasteiger partial charge in [0.2, 0.25) is 0 Å². The molecule has 0 saturated heterocycles. The number of benzene rings is 1. The number of aryl methyl sites for hydroxylation is 1. The Balaban J connectivity index is 2.23. The molecule has 9 heteroatoms. The molecule has 9 nitrogen and oxygen atoms in total. The van der Waals surface area contributed by atoms with Crippen LogP contribution in [0.5, 0.6) is 0 Å². The standard InChI is InChI=1S/C16H18N4O5/c1-18(9-3-4-14(21)22)16(23)13-10-19(2)17-15(13)11-5-7-12(8-6-11)20(24)25/h5-8,10H,3-4,9H2,1-2H3,(H,21,22). The first-order chi connectivity index (χ1) is 11.8.